The smallest absolute Gasteiger partial charge is 0.250 e. The molecular weight excluding hydrogens is 433 g/mol. The first kappa shape index (κ1) is 19.7. The first-order chi connectivity index (χ1) is 13.5. The Morgan fingerprint density at radius 3 is 2.71 bits per heavy atom. The molecule has 0 spiro atoms. The van der Waals surface area contributed by atoms with Crippen molar-refractivity contribution in [1.29, 1.82) is 0 Å². The lowest BCUT2D eigenvalue weighted by Gasteiger charge is -2.46. The van der Waals surface area contributed by atoms with E-state index < -0.39 is 6.43 Å². The highest BCUT2D eigenvalue weighted by Crippen LogP contribution is 2.51. The number of ether oxygens (including phenoxy) is 1. The lowest BCUT2D eigenvalue weighted by molar-refractivity contribution is -0.0923. The van der Waals surface area contributed by atoms with Gasteiger partial charge in [0.15, 0.2) is 0 Å². The molecule has 4 atom stereocenters. The van der Waals surface area contributed by atoms with Gasteiger partial charge in [-0.2, -0.15) is 0 Å². The Balaban J connectivity index is 1.63. The van der Waals surface area contributed by atoms with Crippen LogP contribution in [0.1, 0.15) is 36.1 Å². The Labute approximate surface area is 170 Å². The largest absolute Gasteiger partial charge is 0.375 e. The molecule has 0 aliphatic carbocycles. The van der Waals surface area contributed by atoms with E-state index in [1.54, 1.807) is 0 Å². The van der Waals surface area contributed by atoms with Crippen molar-refractivity contribution >= 4 is 21.6 Å². The van der Waals surface area contributed by atoms with Crippen LogP contribution in [0, 0.1) is 11.7 Å². The van der Waals surface area contributed by atoms with Gasteiger partial charge in [-0.25, -0.2) is 13.2 Å². The fraction of sp³-hybridized carbons (Fsp3) is 0.429. The van der Waals surface area contributed by atoms with E-state index in [1.165, 1.54) is 6.07 Å². The third kappa shape index (κ3) is 4.07. The highest BCUT2D eigenvalue weighted by atomic mass is 79.9. The van der Waals surface area contributed by atoms with Crippen LogP contribution in [0.25, 0.3) is 0 Å². The second-order valence-electron chi connectivity index (χ2n) is 7.35. The summed E-state index contributed by atoms with van der Waals surface area (Å²) in [5.74, 6) is -0.194. The van der Waals surface area contributed by atoms with Crippen molar-refractivity contribution in [2.45, 2.75) is 37.5 Å². The number of alkyl halides is 2. The van der Waals surface area contributed by atoms with Gasteiger partial charge < -0.3 is 15.4 Å². The molecule has 2 N–H and O–H groups in total. The molecule has 0 radical (unpaired) electrons. The van der Waals surface area contributed by atoms with Gasteiger partial charge in [0.25, 0.3) is 6.43 Å². The van der Waals surface area contributed by atoms with Crippen LogP contribution in [-0.4, -0.2) is 25.6 Å². The van der Waals surface area contributed by atoms with E-state index in [-0.39, 0.29) is 36.5 Å². The van der Waals surface area contributed by atoms with Crippen molar-refractivity contribution in [3.05, 3.63) is 63.9 Å². The van der Waals surface area contributed by atoms with E-state index in [0.717, 1.165) is 24.0 Å². The predicted octanol–water partition coefficient (Wildman–Crippen LogP) is 5.45. The lowest BCUT2D eigenvalue weighted by atomic mass is 9.76. The molecule has 0 amide bonds. The molecule has 4 rings (SSSR count). The van der Waals surface area contributed by atoms with Crippen LogP contribution < -0.4 is 10.6 Å². The average molecular weight is 455 g/mol. The van der Waals surface area contributed by atoms with Crippen molar-refractivity contribution in [3.63, 3.8) is 0 Å². The second-order valence-corrected chi connectivity index (χ2v) is 8.27. The zero-order valence-corrected chi connectivity index (χ0v) is 16.8. The molecule has 1 fully saturated rings. The van der Waals surface area contributed by atoms with Crippen molar-refractivity contribution in [1.82, 2.24) is 5.32 Å². The number of hydrogen-bond donors (Lipinski definition) is 2. The molecule has 0 aromatic heterocycles. The van der Waals surface area contributed by atoms with Crippen molar-refractivity contribution in [2.24, 2.45) is 5.92 Å². The molecule has 0 saturated carbocycles. The number of nitrogens with one attached hydrogen (secondary N) is 2. The molecule has 0 unspecified atom stereocenters. The third-order valence-electron chi connectivity index (χ3n) is 5.50. The topological polar surface area (TPSA) is 33.3 Å². The average Bonchev–Trinajstić information content (AvgIpc) is 2.68. The Hall–Kier alpha value is -1.57. The quantitative estimate of drug-likeness (QED) is 0.630. The summed E-state index contributed by atoms with van der Waals surface area (Å²) < 4.78 is 46.6. The number of rotatable bonds is 5. The zero-order valence-electron chi connectivity index (χ0n) is 15.2. The first-order valence-electron chi connectivity index (χ1n) is 9.47. The zero-order chi connectivity index (χ0) is 19.7. The van der Waals surface area contributed by atoms with E-state index in [9.17, 15) is 13.2 Å². The highest BCUT2D eigenvalue weighted by molar-refractivity contribution is 9.10. The van der Waals surface area contributed by atoms with Gasteiger partial charge in [-0.05, 0) is 30.5 Å². The lowest BCUT2D eigenvalue weighted by Crippen LogP contribution is -2.42. The monoisotopic (exact) mass is 454 g/mol. The van der Waals surface area contributed by atoms with E-state index in [4.69, 9.17) is 4.74 Å². The van der Waals surface area contributed by atoms with Crippen molar-refractivity contribution in [3.8, 4) is 0 Å². The molecule has 2 aromatic rings. The minimum Gasteiger partial charge on any atom is -0.375 e. The summed E-state index contributed by atoms with van der Waals surface area (Å²) in [6.07, 6.45) is -1.21. The predicted molar refractivity (Wildman–Crippen MR) is 106 cm³/mol. The van der Waals surface area contributed by atoms with Gasteiger partial charge in [0.1, 0.15) is 5.82 Å². The number of benzene rings is 2. The van der Waals surface area contributed by atoms with Crippen LogP contribution in [-0.2, 0) is 4.74 Å². The molecule has 2 heterocycles. The van der Waals surface area contributed by atoms with E-state index in [0.29, 0.717) is 16.7 Å². The van der Waals surface area contributed by atoms with Crippen LogP contribution in [0.3, 0.4) is 0 Å². The molecule has 7 heteroatoms. The van der Waals surface area contributed by atoms with Crippen LogP contribution in [0.4, 0.5) is 18.9 Å². The van der Waals surface area contributed by atoms with Crippen molar-refractivity contribution in [2.75, 3.05) is 18.4 Å². The maximum absolute atomic E-state index is 14.7. The summed E-state index contributed by atoms with van der Waals surface area (Å²) in [4.78, 5) is 0. The van der Waals surface area contributed by atoms with E-state index >= 15 is 0 Å². The number of anilines is 1. The SMILES string of the molecule is Fc1cc(Br)cc2c1N[C@@H](c1ccccc1)[C@@H]1CC[C@H](CNCC(F)F)O[C@H]21. The number of fused-ring (bicyclic) bond motifs is 3. The summed E-state index contributed by atoms with van der Waals surface area (Å²) in [5, 5.41) is 6.16. The van der Waals surface area contributed by atoms with Crippen LogP contribution >= 0.6 is 15.9 Å². The summed E-state index contributed by atoms with van der Waals surface area (Å²) in [6, 6.07) is 13.2. The molecule has 150 valence electrons. The second kappa shape index (κ2) is 8.43. The summed E-state index contributed by atoms with van der Waals surface area (Å²) in [6.45, 7) is 0.0156. The minimum atomic E-state index is -2.39. The molecule has 28 heavy (non-hydrogen) atoms. The number of halogens is 4. The Morgan fingerprint density at radius 1 is 1.18 bits per heavy atom. The van der Waals surface area contributed by atoms with Gasteiger partial charge in [-0.3, -0.25) is 0 Å². The molecule has 0 bridgehead atoms. The molecular formula is C21H22BrF3N2O. The van der Waals surface area contributed by atoms with Crippen LogP contribution in [0.2, 0.25) is 0 Å². The van der Waals surface area contributed by atoms with Gasteiger partial charge in [0.05, 0.1) is 30.5 Å². The summed E-state index contributed by atoms with van der Waals surface area (Å²) >= 11 is 3.37. The first-order valence-corrected chi connectivity index (χ1v) is 10.3. The fourth-order valence-electron chi connectivity index (χ4n) is 4.28. The standard InChI is InChI=1S/C21H22BrF3N2O/c22-13-8-16-20(17(23)9-13)27-19(12-4-2-1-3-5-12)15-7-6-14(28-21(15)16)10-26-11-18(24)25/h1-5,8-9,14-15,18-19,21,26-27H,6-7,10-11H2/t14-,15+,19+,21+/m1/s1. The molecule has 3 nitrogen and oxygen atoms in total. The van der Waals surface area contributed by atoms with Gasteiger partial charge in [0, 0.05) is 22.5 Å². The fourth-order valence-corrected chi connectivity index (χ4v) is 4.73. The maximum atomic E-state index is 14.7. The normalized spacial score (nSPS) is 26.5. The number of hydrogen-bond acceptors (Lipinski definition) is 3. The molecule has 2 aliphatic heterocycles. The van der Waals surface area contributed by atoms with Gasteiger partial charge in [-0.1, -0.05) is 46.3 Å². The highest BCUT2D eigenvalue weighted by Gasteiger charge is 2.43. The van der Waals surface area contributed by atoms with Gasteiger partial charge >= 0.3 is 0 Å². The molecule has 2 aliphatic rings. The van der Waals surface area contributed by atoms with E-state index in [1.807, 2.05) is 36.4 Å². The van der Waals surface area contributed by atoms with E-state index in [2.05, 4.69) is 26.6 Å². The Kier molecular flexibility index (Phi) is 5.94. The molecule has 2 aromatic carbocycles. The van der Waals surface area contributed by atoms with Gasteiger partial charge in [-0.15, -0.1) is 0 Å². The summed E-state index contributed by atoms with van der Waals surface area (Å²) in [5.41, 5.74) is 2.32. The van der Waals surface area contributed by atoms with Crippen molar-refractivity contribution < 1.29 is 17.9 Å². The van der Waals surface area contributed by atoms with Crippen LogP contribution in [0.15, 0.2) is 46.9 Å². The maximum Gasteiger partial charge on any atom is 0.250 e. The minimum absolute atomic E-state index is 0.0654. The summed E-state index contributed by atoms with van der Waals surface area (Å²) in [7, 11) is 0. The molecule has 1 saturated heterocycles. The Morgan fingerprint density at radius 2 is 1.96 bits per heavy atom. The third-order valence-corrected chi connectivity index (χ3v) is 5.96. The van der Waals surface area contributed by atoms with Gasteiger partial charge in [0.2, 0.25) is 0 Å². The van der Waals surface area contributed by atoms with Crippen LogP contribution in [0.5, 0.6) is 0 Å². The Bertz CT molecular complexity index is 821.